The predicted molar refractivity (Wildman–Crippen MR) is 46.3 cm³/mol. The third kappa shape index (κ3) is 6.19. The first-order valence-corrected chi connectivity index (χ1v) is 4.24. The van der Waals surface area contributed by atoms with Crippen molar-refractivity contribution in [3.8, 4) is 0 Å². The van der Waals surface area contributed by atoms with Gasteiger partial charge in [-0.15, -0.1) is 0 Å². The van der Waals surface area contributed by atoms with Gasteiger partial charge in [0.05, 0.1) is 0 Å². The van der Waals surface area contributed by atoms with Crippen molar-refractivity contribution in [1.82, 2.24) is 4.90 Å². The van der Waals surface area contributed by atoms with Crippen molar-refractivity contribution in [2.45, 2.75) is 19.8 Å². The van der Waals surface area contributed by atoms with Gasteiger partial charge in [0.1, 0.15) is 0 Å². The Morgan fingerprint density at radius 2 is 2.00 bits per heavy atom. The molecule has 0 N–H and O–H groups in total. The third-order valence-electron chi connectivity index (χ3n) is 1.38. The summed E-state index contributed by atoms with van der Waals surface area (Å²) in [7, 11) is 2.14. The Hall–Kier alpha value is 0.310. The van der Waals surface area contributed by atoms with E-state index in [1.165, 1.54) is 19.4 Å². The van der Waals surface area contributed by atoms with Gasteiger partial charge in [0, 0.05) is 12.3 Å². The summed E-state index contributed by atoms with van der Waals surface area (Å²) >= 11 is 4.14. The van der Waals surface area contributed by atoms with Gasteiger partial charge >= 0.3 is 0 Å². The largest absolute Gasteiger partial charge is 0.306 e. The van der Waals surface area contributed by atoms with Crippen LogP contribution in [0.4, 0.5) is 0 Å². The van der Waals surface area contributed by atoms with Gasteiger partial charge < -0.3 is 4.90 Å². The topological polar surface area (TPSA) is 3.24 Å². The molecule has 0 amide bonds. The summed E-state index contributed by atoms with van der Waals surface area (Å²) in [6.45, 7) is 4.55. The van der Waals surface area contributed by atoms with Gasteiger partial charge in [0.2, 0.25) is 0 Å². The Morgan fingerprint density at radius 3 is 2.44 bits per heavy atom. The van der Waals surface area contributed by atoms with Crippen LogP contribution in [0.3, 0.4) is 0 Å². The van der Waals surface area contributed by atoms with Crippen molar-refractivity contribution in [3.63, 3.8) is 0 Å². The Balaban J connectivity index is 2.95. The van der Waals surface area contributed by atoms with E-state index in [2.05, 4.69) is 31.5 Å². The van der Waals surface area contributed by atoms with Gasteiger partial charge in [-0.3, -0.25) is 0 Å². The molecule has 1 nitrogen and oxygen atoms in total. The van der Waals surface area contributed by atoms with Crippen LogP contribution < -0.4 is 0 Å². The lowest BCUT2D eigenvalue weighted by molar-refractivity contribution is 0.349. The molecule has 0 unspecified atom stereocenters. The van der Waals surface area contributed by atoms with Gasteiger partial charge in [-0.25, -0.2) is 0 Å². The third-order valence-corrected chi connectivity index (χ3v) is 1.58. The molecule has 0 fully saturated rings. The number of thiol groups is 1. The fourth-order valence-electron chi connectivity index (χ4n) is 0.711. The smallest absolute Gasteiger partial charge is 0.00668 e. The molecule has 9 heavy (non-hydrogen) atoms. The van der Waals surface area contributed by atoms with Crippen LogP contribution >= 0.6 is 12.6 Å². The molecule has 0 saturated carbocycles. The summed E-state index contributed by atoms with van der Waals surface area (Å²) in [5, 5.41) is 0. The van der Waals surface area contributed by atoms with Crippen molar-refractivity contribution >= 4 is 12.6 Å². The lowest BCUT2D eigenvalue weighted by Gasteiger charge is -2.13. The molecular formula is C7H17NS. The van der Waals surface area contributed by atoms with Gasteiger partial charge in [-0.05, 0) is 20.0 Å². The number of hydrogen-bond donors (Lipinski definition) is 1. The Kier molecular flexibility index (Phi) is 6.65. The summed E-state index contributed by atoms with van der Waals surface area (Å²) in [4.78, 5) is 2.32. The Morgan fingerprint density at radius 1 is 1.33 bits per heavy atom. The van der Waals surface area contributed by atoms with E-state index in [4.69, 9.17) is 0 Å². The van der Waals surface area contributed by atoms with Crippen molar-refractivity contribution < 1.29 is 0 Å². The maximum atomic E-state index is 4.14. The van der Waals surface area contributed by atoms with E-state index in [1.54, 1.807) is 0 Å². The Labute approximate surface area is 63.8 Å². The molecular weight excluding hydrogens is 130 g/mol. The zero-order valence-electron chi connectivity index (χ0n) is 6.43. The summed E-state index contributed by atoms with van der Waals surface area (Å²) in [5.74, 6) is 0.972. The molecule has 0 radical (unpaired) electrons. The fourth-order valence-corrected chi connectivity index (χ4v) is 1.05. The average molecular weight is 147 g/mol. The van der Waals surface area contributed by atoms with E-state index in [-0.39, 0.29) is 0 Å². The quantitative estimate of drug-likeness (QED) is 0.579. The zero-order valence-corrected chi connectivity index (χ0v) is 7.32. The van der Waals surface area contributed by atoms with Crippen molar-refractivity contribution in [2.24, 2.45) is 0 Å². The van der Waals surface area contributed by atoms with E-state index < -0.39 is 0 Å². The second kappa shape index (κ2) is 6.43. The van der Waals surface area contributed by atoms with Crippen molar-refractivity contribution in [3.05, 3.63) is 0 Å². The number of unbranched alkanes of at least 4 members (excludes halogenated alkanes) is 1. The normalized spacial score (nSPS) is 10.7. The predicted octanol–water partition coefficient (Wildman–Crippen LogP) is 1.65. The first-order chi connectivity index (χ1) is 4.31. The van der Waals surface area contributed by atoms with Gasteiger partial charge in [-0.1, -0.05) is 13.3 Å². The van der Waals surface area contributed by atoms with Crippen LogP contribution in [0.15, 0.2) is 0 Å². The molecule has 0 heterocycles. The molecule has 0 aliphatic heterocycles. The lowest BCUT2D eigenvalue weighted by atomic mass is 10.3. The van der Waals surface area contributed by atoms with Crippen LogP contribution in [0.5, 0.6) is 0 Å². The van der Waals surface area contributed by atoms with E-state index in [1.807, 2.05) is 0 Å². The number of rotatable bonds is 5. The highest BCUT2D eigenvalue weighted by Crippen LogP contribution is 1.90. The van der Waals surface area contributed by atoms with Crippen LogP contribution in [0, 0.1) is 0 Å². The van der Waals surface area contributed by atoms with Crippen LogP contribution in [0.25, 0.3) is 0 Å². The highest BCUT2D eigenvalue weighted by Gasteiger charge is 1.92. The van der Waals surface area contributed by atoms with Crippen LogP contribution in [0.1, 0.15) is 19.8 Å². The molecule has 0 aliphatic rings. The first kappa shape index (κ1) is 9.31. The SMILES string of the molecule is CCCCN(C)CCS. The van der Waals surface area contributed by atoms with Crippen LogP contribution in [0.2, 0.25) is 0 Å². The first-order valence-electron chi connectivity index (χ1n) is 3.60. The molecule has 0 bridgehead atoms. The minimum Gasteiger partial charge on any atom is -0.306 e. The monoisotopic (exact) mass is 147 g/mol. The van der Waals surface area contributed by atoms with Crippen LogP contribution in [-0.4, -0.2) is 30.8 Å². The second-order valence-electron chi connectivity index (χ2n) is 2.38. The van der Waals surface area contributed by atoms with Crippen molar-refractivity contribution in [1.29, 1.82) is 0 Å². The molecule has 0 aromatic carbocycles. The van der Waals surface area contributed by atoms with E-state index in [0.29, 0.717) is 0 Å². The molecule has 0 saturated heterocycles. The van der Waals surface area contributed by atoms with Gasteiger partial charge in [0.25, 0.3) is 0 Å². The Bertz CT molecular complexity index is 56.9. The molecule has 56 valence electrons. The van der Waals surface area contributed by atoms with E-state index >= 15 is 0 Å². The number of hydrogen-bond acceptors (Lipinski definition) is 2. The summed E-state index contributed by atoms with van der Waals surface area (Å²) in [6, 6.07) is 0. The van der Waals surface area contributed by atoms with E-state index in [0.717, 1.165) is 12.3 Å². The molecule has 0 atom stereocenters. The maximum Gasteiger partial charge on any atom is 0.00668 e. The molecule has 0 aromatic heterocycles. The summed E-state index contributed by atoms with van der Waals surface area (Å²) in [6.07, 6.45) is 2.60. The summed E-state index contributed by atoms with van der Waals surface area (Å²) < 4.78 is 0. The average Bonchev–Trinajstić information content (AvgIpc) is 1.85. The maximum absolute atomic E-state index is 4.14. The second-order valence-corrected chi connectivity index (χ2v) is 2.83. The van der Waals surface area contributed by atoms with Crippen LogP contribution in [-0.2, 0) is 0 Å². The summed E-state index contributed by atoms with van der Waals surface area (Å²) in [5.41, 5.74) is 0. The molecule has 0 rings (SSSR count). The minimum atomic E-state index is 0.972. The minimum absolute atomic E-state index is 0.972. The zero-order chi connectivity index (χ0) is 7.11. The lowest BCUT2D eigenvalue weighted by Crippen LogP contribution is -2.21. The highest BCUT2D eigenvalue weighted by molar-refractivity contribution is 7.80. The van der Waals surface area contributed by atoms with E-state index in [9.17, 15) is 0 Å². The number of nitrogens with zero attached hydrogens (tertiary/aromatic N) is 1. The molecule has 0 aromatic rings. The highest BCUT2D eigenvalue weighted by atomic mass is 32.1. The van der Waals surface area contributed by atoms with Gasteiger partial charge in [-0.2, -0.15) is 12.6 Å². The fraction of sp³-hybridized carbons (Fsp3) is 1.00. The van der Waals surface area contributed by atoms with Gasteiger partial charge in [0.15, 0.2) is 0 Å². The molecule has 0 spiro atoms. The molecule has 0 aliphatic carbocycles. The standard InChI is InChI=1S/C7H17NS/c1-3-4-5-8(2)6-7-9/h9H,3-7H2,1-2H3. The van der Waals surface area contributed by atoms with Crippen molar-refractivity contribution in [2.75, 3.05) is 25.9 Å². The molecule has 2 heteroatoms.